The van der Waals surface area contributed by atoms with Crippen LogP contribution in [0, 0.1) is 0 Å². The fourth-order valence-electron chi connectivity index (χ4n) is 1.63. The Morgan fingerprint density at radius 3 is 2.47 bits per heavy atom. The smallest absolute Gasteiger partial charge is 0.220 e. The van der Waals surface area contributed by atoms with Gasteiger partial charge >= 0.3 is 0 Å². The highest BCUT2D eigenvalue weighted by molar-refractivity contribution is 7.99. The standard InChI is InChI=1S/C15H23NO2S/c1-3-15(18,4-2)12-16-14(17)10-11-19-13-8-6-5-7-9-13/h5-9,18H,3-4,10-12H2,1-2H3,(H,16,17). The van der Waals surface area contributed by atoms with Gasteiger partial charge in [0, 0.05) is 23.6 Å². The lowest BCUT2D eigenvalue weighted by atomic mass is 9.97. The Kier molecular flexibility index (Phi) is 6.95. The van der Waals surface area contributed by atoms with E-state index in [9.17, 15) is 9.90 Å². The van der Waals surface area contributed by atoms with Crippen molar-refractivity contribution in [2.45, 2.75) is 43.6 Å². The minimum absolute atomic E-state index is 0.00348. The summed E-state index contributed by atoms with van der Waals surface area (Å²) in [7, 11) is 0. The molecule has 0 fully saturated rings. The van der Waals surface area contributed by atoms with E-state index in [4.69, 9.17) is 0 Å². The number of amides is 1. The first-order chi connectivity index (χ1) is 9.09. The van der Waals surface area contributed by atoms with Crippen LogP contribution >= 0.6 is 11.8 Å². The second-order valence-electron chi connectivity index (χ2n) is 4.62. The van der Waals surface area contributed by atoms with Gasteiger partial charge in [0.15, 0.2) is 0 Å². The van der Waals surface area contributed by atoms with Crippen LogP contribution in [-0.4, -0.2) is 28.9 Å². The lowest BCUT2D eigenvalue weighted by Crippen LogP contribution is -2.42. The zero-order valence-corrected chi connectivity index (χ0v) is 12.5. The Morgan fingerprint density at radius 2 is 1.89 bits per heavy atom. The van der Waals surface area contributed by atoms with E-state index in [2.05, 4.69) is 5.32 Å². The summed E-state index contributed by atoms with van der Waals surface area (Å²) in [5.74, 6) is 0.760. The Balaban J connectivity index is 2.22. The van der Waals surface area contributed by atoms with Crippen LogP contribution in [0.3, 0.4) is 0 Å². The summed E-state index contributed by atoms with van der Waals surface area (Å²) in [5.41, 5.74) is -0.762. The van der Waals surface area contributed by atoms with Crippen molar-refractivity contribution in [2.24, 2.45) is 0 Å². The van der Waals surface area contributed by atoms with Crippen molar-refractivity contribution >= 4 is 17.7 Å². The van der Waals surface area contributed by atoms with Gasteiger partial charge in [-0.3, -0.25) is 4.79 Å². The van der Waals surface area contributed by atoms with E-state index in [1.807, 2.05) is 44.2 Å². The Labute approximate surface area is 119 Å². The fraction of sp³-hybridized carbons (Fsp3) is 0.533. The van der Waals surface area contributed by atoms with Crippen molar-refractivity contribution in [1.82, 2.24) is 5.32 Å². The summed E-state index contributed by atoms with van der Waals surface area (Å²) in [6.45, 7) is 4.21. The summed E-state index contributed by atoms with van der Waals surface area (Å²) in [6, 6.07) is 10.0. The zero-order valence-electron chi connectivity index (χ0n) is 11.7. The van der Waals surface area contributed by atoms with Crippen LogP contribution in [-0.2, 0) is 4.79 Å². The SMILES string of the molecule is CCC(O)(CC)CNC(=O)CCSc1ccccc1. The maximum Gasteiger partial charge on any atom is 0.220 e. The summed E-state index contributed by atoms with van der Waals surface area (Å²) in [6.07, 6.45) is 1.79. The molecular weight excluding hydrogens is 258 g/mol. The van der Waals surface area contributed by atoms with E-state index in [0.29, 0.717) is 25.8 Å². The van der Waals surface area contributed by atoms with E-state index in [-0.39, 0.29) is 5.91 Å². The molecule has 0 aromatic heterocycles. The third-order valence-electron chi connectivity index (χ3n) is 3.27. The predicted octanol–water partition coefficient (Wildman–Crippen LogP) is 2.84. The molecule has 1 amide bonds. The molecule has 0 unspecified atom stereocenters. The van der Waals surface area contributed by atoms with Gasteiger partial charge in [0.1, 0.15) is 0 Å². The minimum Gasteiger partial charge on any atom is -0.388 e. The third kappa shape index (κ3) is 6.12. The van der Waals surface area contributed by atoms with Crippen LogP contribution in [0.25, 0.3) is 0 Å². The van der Waals surface area contributed by atoms with Gasteiger partial charge in [-0.25, -0.2) is 0 Å². The minimum atomic E-state index is -0.762. The zero-order chi connectivity index (χ0) is 14.1. The molecule has 106 valence electrons. The number of benzene rings is 1. The molecule has 0 atom stereocenters. The molecule has 1 aromatic rings. The molecule has 19 heavy (non-hydrogen) atoms. The highest BCUT2D eigenvalue weighted by Gasteiger charge is 2.22. The van der Waals surface area contributed by atoms with Gasteiger partial charge in [-0.1, -0.05) is 32.0 Å². The van der Waals surface area contributed by atoms with Crippen molar-refractivity contribution in [2.75, 3.05) is 12.3 Å². The molecule has 0 aliphatic rings. The lowest BCUT2D eigenvalue weighted by Gasteiger charge is -2.25. The van der Waals surface area contributed by atoms with Gasteiger partial charge in [0.25, 0.3) is 0 Å². The lowest BCUT2D eigenvalue weighted by molar-refractivity contribution is -0.122. The van der Waals surface area contributed by atoms with Gasteiger partial charge in [-0.15, -0.1) is 11.8 Å². The van der Waals surface area contributed by atoms with Crippen LogP contribution in [0.1, 0.15) is 33.1 Å². The predicted molar refractivity (Wildman–Crippen MR) is 80.3 cm³/mol. The number of thioether (sulfide) groups is 1. The van der Waals surface area contributed by atoms with Crippen LogP contribution in [0.2, 0.25) is 0 Å². The summed E-state index contributed by atoms with van der Waals surface area (Å²) >= 11 is 1.67. The monoisotopic (exact) mass is 281 g/mol. The molecule has 0 saturated heterocycles. The van der Waals surface area contributed by atoms with Gasteiger partial charge in [0.2, 0.25) is 5.91 Å². The summed E-state index contributed by atoms with van der Waals surface area (Å²) < 4.78 is 0. The number of hydrogen-bond donors (Lipinski definition) is 2. The normalized spacial score (nSPS) is 11.3. The molecule has 0 saturated carbocycles. The molecule has 2 N–H and O–H groups in total. The third-order valence-corrected chi connectivity index (χ3v) is 4.29. The number of carbonyl (C=O) groups is 1. The largest absolute Gasteiger partial charge is 0.388 e. The molecule has 0 bridgehead atoms. The maximum absolute atomic E-state index is 11.7. The highest BCUT2D eigenvalue weighted by atomic mass is 32.2. The number of hydrogen-bond acceptors (Lipinski definition) is 3. The van der Waals surface area contributed by atoms with Gasteiger partial charge in [-0.05, 0) is 25.0 Å². The van der Waals surface area contributed by atoms with E-state index in [1.165, 1.54) is 4.90 Å². The summed E-state index contributed by atoms with van der Waals surface area (Å²) in [5, 5.41) is 12.9. The van der Waals surface area contributed by atoms with E-state index in [1.54, 1.807) is 11.8 Å². The first kappa shape index (κ1) is 16.1. The number of nitrogens with one attached hydrogen (secondary N) is 1. The van der Waals surface area contributed by atoms with Gasteiger partial charge in [-0.2, -0.15) is 0 Å². The van der Waals surface area contributed by atoms with E-state index < -0.39 is 5.60 Å². The quantitative estimate of drug-likeness (QED) is 0.720. The molecule has 0 radical (unpaired) electrons. The first-order valence-corrected chi connectivity index (χ1v) is 7.75. The van der Waals surface area contributed by atoms with Crippen molar-refractivity contribution in [3.8, 4) is 0 Å². The molecule has 1 rings (SSSR count). The Hall–Kier alpha value is -1.00. The Bertz CT molecular complexity index is 377. The molecule has 0 aliphatic heterocycles. The van der Waals surface area contributed by atoms with E-state index >= 15 is 0 Å². The molecule has 4 heteroatoms. The molecule has 0 aliphatic carbocycles. The topological polar surface area (TPSA) is 49.3 Å². The van der Waals surface area contributed by atoms with E-state index in [0.717, 1.165) is 5.75 Å². The van der Waals surface area contributed by atoms with Crippen LogP contribution in [0.15, 0.2) is 35.2 Å². The number of rotatable bonds is 8. The number of carbonyl (C=O) groups excluding carboxylic acids is 1. The van der Waals surface area contributed by atoms with Crippen LogP contribution in [0.5, 0.6) is 0 Å². The van der Waals surface area contributed by atoms with Crippen LogP contribution in [0.4, 0.5) is 0 Å². The van der Waals surface area contributed by atoms with Crippen molar-refractivity contribution in [3.63, 3.8) is 0 Å². The average Bonchev–Trinajstić information content (AvgIpc) is 2.46. The second kappa shape index (κ2) is 8.23. The second-order valence-corrected chi connectivity index (χ2v) is 5.79. The van der Waals surface area contributed by atoms with Crippen molar-refractivity contribution < 1.29 is 9.90 Å². The maximum atomic E-state index is 11.7. The molecule has 3 nitrogen and oxygen atoms in total. The van der Waals surface area contributed by atoms with Crippen LogP contribution < -0.4 is 5.32 Å². The summed E-state index contributed by atoms with van der Waals surface area (Å²) in [4.78, 5) is 12.9. The molecular formula is C15H23NO2S. The van der Waals surface area contributed by atoms with Gasteiger partial charge in [0.05, 0.1) is 5.60 Å². The molecule has 0 heterocycles. The fourth-order valence-corrected chi connectivity index (χ4v) is 2.50. The number of aliphatic hydroxyl groups is 1. The highest BCUT2D eigenvalue weighted by Crippen LogP contribution is 2.17. The molecule has 1 aromatic carbocycles. The Morgan fingerprint density at radius 1 is 1.26 bits per heavy atom. The average molecular weight is 281 g/mol. The molecule has 0 spiro atoms. The van der Waals surface area contributed by atoms with Crippen molar-refractivity contribution in [3.05, 3.63) is 30.3 Å². The van der Waals surface area contributed by atoms with Gasteiger partial charge < -0.3 is 10.4 Å². The van der Waals surface area contributed by atoms with Crippen molar-refractivity contribution in [1.29, 1.82) is 0 Å². The first-order valence-electron chi connectivity index (χ1n) is 6.76.